The van der Waals surface area contributed by atoms with Crippen molar-refractivity contribution in [3.05, 3.63) is 42.0 Å². The first-order valence-corrected chi connectivity index (χ1v) is 10.8. The highest BCUT2D eigenvalue weighted by Gasteiger charge is 2.30. The third kappa shape index (κ3) is 4.75. The molecule has 0 spiro atoms. The number of hydrogen-bond donors (Lipinski definition) is 3. The van der Waals surface area contributed by atoms with Gasteiger partial charge in [-0.25, -0.2) is 18.3 Å². The predicted octanol–water partition coefficient (Wildman–Crippen LogP) is 2.37. The van der Waals surface area contributed by atoms with Crippen LogP contribution in [0.2, 0.25) is 0 Å². The molecule has 1 aliphatic rings. The molecule has 0 radical (unpaired) electrons. The summed E-state index contributed by atoms with van der Waals surface area (Å²) in [6.07, 6.45) is 5.47. The minimum atomic E-state index is -0.681. The van der Waals surface area contributed by atoms with Crippen molar-refractivity contribution >= 4 is 34.7 Å². The van der Waals surface area contributed by atoms with Gasteiger partial charge in [0.1, 0.15) is 11.3 Å². The van der Waals surface area contributed by atoms with Crippen LogP contribution in [0.4, 0.5) is 26.0 Å². The van der Waals surface area contributed by atoms with Crippen LogP contribution in [0.5, 0.6) is 0 Å². The van der Waals surface area contributed by atoms with Crippen LogP contribution in [0.15, 0.2) is 24.8 Å². The molecule has 4 N–H and O–H groups in total. The zero-order valence-corrected chi connectivity index (χ0v) is 19.1. The molecule has 0 unspecified atom stereocenters. The number of carbonyl (C=O) groups excluding carboxylic acids is 2. The Morgan fingerprint density at radius 1 is 1.15 bits per heavy atom. The van der Waals surface area contributed by atoms with Crippen LogP contribution in [0.3, 0.4) is 0 Å². The fourth-order valence-electron chi connectivity index (χ4n) is 4.01. The normalized spacial score (nSPS) is 14.9. The summed E-state index contributed by atoms with van der Waals surface area (Å²) in [6, 6.07) is 0. The molecule has 10 nitrogen and oxygen atoms in total. The van der Waals surface area contributed by atoms with Crippen LogP contribution in [-0.2, 0) is 4.79 Å². The maximum atomic E-state index is 14.9. The molecular weight excluding hydrogens is 446 g/mol. The van der Waals surface area contributed by atoms with Crippen LogP contribution in [0.1, 0.15) is 44.0 Å². The highest BCUT2D eigenvalue weighted by atomic mass is 19.1. The van der Waals surface area contributed by atoms with Gasteiger partial charge >= 0.3 is 0 Å². The van der Waals surface area contributed by atoms with E-state index in [0.29, 0.717) is 25.9 Å². The first-order chi connectivity index (χ1) is 16.0. The lowest BCUT2D eigenvalue weighted by Gasteiger charge is -2.35. The first kappa shape index (κ1) is 23.3. The summed E-state index contributed by atoms with van der Waals surface area (Å²) in [7, 11) is 0. The second-order valence-corrected chi connectivity index (χ2v) is 9.27. The fourth-order valence-corrected chi connectivity index (χ4v) is 4.01. The molecule has 180 valence electrons. The summed E-state index contributed by atoms with van der Waals surface area (Å²) in [5.74, 6) is -2.28. The van der Waals surface area contributed by atoms with E-state index in [1.807, 2.05) is 20.8 Å². The molecule has 4 rings (SSSR count). The van der Waals surface area contributed by atoms with Crippen molar-refractivity contribution in [1.82, 2.24) is 24.9 Å². The zero-order valence-electron chi connectivity index (χ0n) is 19.1. The van der Waals surface area contributed by atoms with Gasteiger partial charge in [-0.05, 0) is 33.6 Å². The van der Waals surface area contributed by atoms with Crippen LogP contribution in [0, 0.1) is 17.6 Å². The third-order valence-electron chi connectivity index (χ3n) is 5.50. The number of hydrogen-bond acceptors (Lipinski definition) is 7. The number of amides is 2. The van der Waals surface area contributed by atoms with Gasteiger partial charge in [0.05, 0.1) is 30.5 Å². The predicted molar refractivity (Wildman–Crippen MR) is 122 cm³/mol. The Morgan fingerprint density at radius 2 is 1.85 bits per heavy atom. The number of halogens is 2. The molecule has 34 heavy (non-hydrogen) atoms. The lowest BCUT2D eigenvalue weighted by molar-refractivity contribution is -0.127. The van der Waals surface area contributed by atoms with Crippen molar-refractivity contribution in [2.24, 2.45) is 5.92 Å². The Balaban J connectivity index is 1.54. The quantitative estimate of drug-likeness (QED) is 0.531. The number of nitrogens with one attached hydrogen (secondary N) is 2. The molecule has 0 atom stereocenters. The van der Waals surface area contributed by atoms with Crippen molar-refractivity contribution in [3.8, 4) is 0 Å². The standard InChI is InChI=1S/C22H26F2N8O2/c1-22(2,3)29-20(33)12-4-6-31(7-5-12)17-14(24)9-26-10-15(17)28-21(34)16-18(25)30-32-11-13(23)8-27-19(16)32/h8-12H,4-7H2,1-3H3,(H2,25,30)(H,28,34)(H,29,33). The number of pyridine rings is 1. The molecular formula is C22H26F2N8O2. The van der Waals surface area contributed by atoms with Crippen molar-refractivity contribution in [2.75, 3.05) is 29.0 Å². The molecule has 0 bridgehead atoms. The van der Waals surface area contributed by atoms with Crippen molar-refractivity contribution in [3.63, 3.8) is 0 Å². The zero-order chi connectivity index (χ0) is 24.6. The molecule has 3 aromatic heterocycles. The van der Waals surface area contributed by atoms with E-state index in [9.17, 15) is 18.4 Å². The molecule has 0 aliphatic carbocycles. The molecule has 3 aromatic rings. The number of fused-ring (bicyclic) bond motifs is 1. The maximum absolute atomic E-state index is 14.9. The Bertz CT molecular complexity index is 1250. The minimum Gasteiger partial charge on any atom is -0.381 e. The van der Waals surface area contributed by atoms with E-state index in [1.54, 1.807) is 4.90 Å². The first-order valence-electron chi connectivity index (χ1n) is 10.8. The molecule has 1 saturated heterocycles. The van der Waals surface area contributed by atoms with Gasteiger partial charge in [0.25, 0.3) is 5.91 Å². The molecule has 12 heteroatoms. The van der Waals surface area contributed by atoms with E-state index >= 15 is 0 Å². The van der Waals surface area contributed by atoms with Crippen LogP contribution in [-0.4, -0.2) is 50.0 Å². The lowest BCUT2D eigenvalue weighted by Crippen LogP contribution is -2.47. The number of nitrogen functional groups attached to an aromatic ring is 1. The van der Waals surface area contributed by atoms with E-state index in [1.165, 1.54) is 6.20 Å². The number of nitrogens with zero attached hydrogens (tertiary/aromatic N) is 5. The summed E-state index contributed by atoms with van der Waals surface area (Å²) in [6.45, 7) is 6.61. The highest BCUT2D eigenvalue weighted by molar-refractivity contribution is 6.12. The molecule has 0 aromatic carbocycles. The SMILES string of the molecule is CC(C)(C)NC(=O)C1CCN(c2c(F)cncc2NC(=O)c2c(N)nn3cc(F)cnc23)CC1. The van der Waals surface area contributed by atoms with E-state index in [4.69, 9.17) is 5.73 Å². The van der Waals surface area contributed by atoms with E-state index in [2.05, 4.69) is 25.7 Å². The second kappa shape index (κ2) is 8.84. The van der Waals surface area contributed by atoms with Gasteiger partial charge in [0.15, 0.2) is 23.1 Å². The average molecular weight is 473 g/mol. The van der Waals surface area contributed by atoms with Crippen LogP contribution in [0.25, 0.3) is 5.65 Å². The second-order valence-electron chi connectivity index (χ2n) is 9.27. The number of nitrogens with two attached hydrogens (primary N) is 1. The van der Waals surface area contributed by atoms with Crippen molar-refractivity contribution in [1.29, 1.82) is 0 Å². The van der Waals surface area contributed by atoms with Gasteiger partial charge in [-0.1, -0.05) is 0 Å². The molecule has 2 amide bonds. The van der Waals surface area contributed by atoms with E-state index in [-0.39, 0.29) is 45.8 Å². The Hall–Kier alpha value is -3.83. The summed E-state index contributed by atoms with van der Waals surface area (Å²) >= 11 is 0. The number of aromatic nitrogens is 4. The summed E-state index contributed by atoms with van der Waals surface area (Å²) in [4.78, 5) is 35.0. The molecule has 1 aliphatic heterocycles. The minimum absolute atomic E-state index is 0.0247. The number of anilines is 3. The summed E-state index contributed by atoms with van der Waals surface area (Å²) in [5.41, 5.74) is 5.85. The average Bonchev–Trinajstić information content (AvgIpc) is 3.07. The number of rotatable bonds is 4. The summed E-state index contributed by atoms with van der Waals surface area (Å²) < 4.78 is 29.4. The number of carbonyl (C=O) groups is 2. The van der Waals surface area contributed by atoms with Gasteiger partial charge < -0.3 is 21.3 Å². The smallest absolute Gasteiger partial charge is 0.263 e. The molecule has 1 fully saturated rings. The molecule has 4 heterocycles. The Kier molecular flexibility index (Phi) is 6.07. The van der Waals surface area contributed by atoms with Crippen molar-refractivity contribution in [2.45, 2.75) is 39.2 Å². The van der Waals surface area contributed by atoms with Gasteiger partial charge in [0, 0.05) is 24.5 Å². The largest absolute Gasteiger partial charge is 0.381 e. The fraction of sp³-hybridized carbons (Fsp3) is 0.409. The van der Waals surface area contributed by atoms with Gasteiger partial charge in [0.2, 0.25) is 5.91 Å². The van der Waals surface area contributed by atoms with E-state index < -0.39 is 17.5 Å². The topological polar surface area (TPSA) is 131 Å². The van der Waals surface area contributed by atoms with Gasteiger partial charge in [-0.3, -0.25) is 14.6 Å². The van der Waals surface area contributed by atoms with Gasteiger partial charge in [-0.15, -0.1) is 5.10 Å². The summed E-state index contributed by atoms with van der Waals surface area (Å²) in [5, 5.41) is 9.53. The highest BCUT2D eigenvalue weighted by Crippen LogP contribution is 2.33. The number of piperidine rings is 1. The maximum Gasteiger partial charge on any atom is 0.263 e. The Morgan fingerprint density at radius 3 is 2.53 bits per heavy atom. The van der Waals surface area contributed by atoms with Crippen LogP contribution >= 0.6 is 0 Å². The van der Waals surface area contributed by atoms with E-state index in [0.717, 1.165) is 23.1 Å². The van der Waals surface area contributed by atoms with Gasteiger partial charge in [-0.2, -0.15) is 0 Å². The van der Waals surface area contributed by atoms with Crippen molar-refractivity contribution < 1.29 is 18.4 Å². The third-order valence-corrected chi connectivity index (χ3v) is 5.50. The lowest BCUT2D eigenvalue weighted by atomic mass is 9.94. The molecule has 0 saturated carbocycles. The Labute approximate surface area is 194 Å². The monoisotopic (exact) mass is 472 g/mol. The van der Waals surface area contributed by atoms with Crippen LogP contribution < -0.4 is 21.3 Å².